The van der Waals surface area contributed by atoms with Crippen molar-refractivity contribution in [1.82, 2.24) is 10.2 Å². The Morgan fingerprint density at radius 2 is 1.65 bits per heavy atom. The van der Waals surface area contributed by atoms with E-state index in [1.165, 1.54) is 0 Å². The first-order valence-electron chi connectivity index (χ1n) is 14.4. The molecule has 2 aromatic rings. The molecule has 0 radical (unpaired) electrons. The number of hydrogen-bond donors (Lipinski definition) is 5. The summed E-state index contributed by atoms with van der Waals surface area (Å²) in [7, 11) is 3.12. The first-order chi connectivity index (χ1) is 21.3. The fourth-order valence-corrected chi connectivity index (χ4v) is 5.16. The number of nitrogens with zero attached hydrogens (tertiary/aromatic N) is 2. The molecule has 1 amide bonds. The Kier molecular flexibility index (Phi) is 10.9. The van der Waals surface area contributed by atoms with E-state index in [0.29, 0.717) is 47.0 Å². The summed E-state index contributed by atoms with van der Waals surface area (Å²) in [6.45, 7) is 9.08. The second kappa shape index (κ2) is 14.0. The Bertz CT molecular complexity index is 1500. The number of hydrogen-bond acceptors (Lipinski definition) is 9. The fourth-order valence-electron chi connectivity index (χ4n) is 5.16. The van der Waals surface area contributed by atoms with Crippen LogP contribution in [0.15, 0.2) is 24.3 Å². The van der Waals surface area contributed by atoms with E-state index in [2.05, 4.69) is 5.32 Å². The molecule has 4 rings (SSSR count). The van der Waals surface area contributed by atoms with Crippen LogP contribution in [0.2, 0.25) is 0 Å². The maximum absolute atomic E-state index is 13.7. The van der Waals surface area contributed by atoms with Crippen LogP contribution >= 0.6 is 0 Å². The maximum Gasteiger partial charge on any atom is 0.490 e. The van der Waals surface area contributed by atoms with Crippen LogP contribution in [-0.4, -0.2) is 102 Å². The lowest BCUT2D eigenvalue weighted by Gasteiger charge is -2.29. The summed E-state index contributed by atoms with van der Waals surface area (Å²) in [5.41, 5.74) is 3.33. The van der Waals surface area contributed by atoms with E-state index in [1.807, 2.05) is 38.7 Å². The van der Waals surface area contributed by atoms with Crippen molar-refractivity contribution >= 4 is 29.2 Å². The average molecular weight is 653 g/mol. The highest BCUT2D eigenvalue weighted by Gasteiger charge is 2.38. The number of amidine groups is 1. The van der Waals surface area contributed by atoms with Crippen LogP contribution in [0.25, 0.3) is 0 Å². The summed E-state index contributed by atoms with van der Waals surface area (Å²) >= 11 is 0. The van der Waals surface area contributed by atoms with Crippen molar-refractivity contribution in [2.45, 2.75) is 58.0 Å². The van der Waals surface area contributed by atoms with Crippen molar-refractivity contribution in [1.29, 1.82) is 5.41 Å². The third-order valence-electron chi connectivity index (χ3n) is 7.49. The summed E-state index contributed by atoms with van der Waals surface area (Å²) < 4.78 is 43.2. The molecule has 46 heavy (non-hydrogen) atoms. The number of amides is 1. The maximum atomic E-state index is 13.7. The molecule has 2 aromatic carbocycles. The number of carbonyl (C=O) groups excluding carboxylic acids is 2. The predicted octanol–water partition coefficient (Wildman–Crippen LogP) is 2.95. The van der Waals surface area contributed by atoms with Gasteiger partial charge in [-0.2, -0.15) is 13.2 Å². The summed E-state index contributed by atoms with van der Waals surface area (Å²) in [5.74, 6) is -2.03. The molecule has 2 heterocycles. The molecular formula is C31H39F3N4O8. The molecular weight excluding hydrogens is 613 g/mol. The monoisotopic (exact) mass is 652 g/mol. The van der Waals surface area contributed by atoms with Crippen molar-refractivity contribution < 1.29 is 52.3 Å². The summed E-state index contributed by atoms with van der Waals surface area (Å²) in [5, 5.41) is 38.8. The number of ketones is 1. The summed E-state index contributed by atoms with van der Waals surface area (Å²) in [6.07, 6.45) is -6.87. The largest absolute Gasteiger partial charge is 0.494 e. The molecule has 15 heteroatoms. The number of alkyl halides is 3. The standard InChI is InChI=1S/C29H38N4O6.C2HF3O2/c1-7-39-25-10-17-12-33(27(30)18(17)11-19(25)28(37)31-5)13-22(34)16-8-20(29(2,3)4)26(38-6)21(9-16)32-14-23(35)24(36)15-32;3-2(4,5)1(6)7/h8-11,23-24,30,35-36H,7,12-15H2,1-6H3,(H,31,37);(H,6,7). The normalized spacial score (nSPS) is 17.7. The lowest BCUT2D eigenvalue weighted by Crippen LogP contribution is -2.31. The third kappa shape index (κ3) is 7.88. The van der Waals surface area contributed by atoms with E-state index in [9.17, 15) is 33.0 Å². The Hall–Kier alpha value is -4.37. The zero-order chi connectivity index (χ0) is 34.7. The van der Waals surface area contributed by atoms with Gasteiger partial charge in [0, 0.05) is 43.4 Å². The van der Waals surface area contributed by atoms with Crippen LogP contribution in [0.3, 0.4) is 0 Å². The quantitative estimate of drug-likeness (QED) is 0.267. The van der Waals surface area contributed by atoms with Gasteiger partial charge in [0.2, 0.25) is 0 Å². The van der Waals surface area contributed by atoms with Crippen LogP contribution in [0.1, 0.15) is 65.1 Å². The van der Waals surface area contributed by atoms with Gasteiger partial charge < -0.3 is 39.9 Å². The lowest BCUT2D eigenvalue weighted by atomic mass is 9.84. The Morgan fingerprint density at radius 1 is 1.07 bits per heavy atom. The highest BCUT2D eigenvalue weighted by Crippen LogP contribution is 2.41. The highest BCUT2D eigenvalue weighted by atomic mass is 19.4. The minimum Gasteiger partial charge on any atom is -0.494 e. The van der Waals surface area contributed by atoms with Crippen molar-refractivity contribution in [2.24, 2.45) is 0 Å². The number of fused-ring (bicyclic) bond motifs is 1. The Morgan fingerprint density at radius 3 is 2.13 bits per heavy atom. The van der Waals surface area contributed by atoms with Crippen molar-refractivity contribution in [3.8, 4) is 11.5 Å². The van der Waals surface area contributed by atoms with Gasteiger partial charge in [0.25, 0.3) is 5.91 Å². The number of ether oxygens (including phenoxy) is 2. The Balaban J connectivity index is 0.000000738. The number of β-amino-alcohol motifs (C(OH)–C–C–N with tert-alkyl or cyclic N) is 2. The van der Waals surface area contributed by atoms with Crippen LogP contribution in [0, 0.1) is 5.41 Å². The number of carboxylic acid groups (broad SMARTS) is 1. The van der Waals surface area contributed by atoms with Crippen LogP contribution in [0.4, 0.5) is 18.9 Å². The first kappa shape index (κ1) is 36.1. The molecule has 1 saturated heterocycles. The summed E-state index contributed by atoms with van der Waals surface area (Å²) in [6, 6.07) is 7.00. The van der Waals surface area contributed by atoms with Gasteiger partial charge in [0.05, 0.1) is 43.7 Å². The smallest absolute Gasteiger partial charge is 0.490 e. The number of carboxylic acids is 1. The SMILES string of the molecule is CCOc1cc2c(cc1C(=O)NC)C(=N)N(CC(=O)c1cc(N3CC(O)C(O)C3)c(OC)c(C(C)(C)C)c1)C2.O=C(O)C(F)(F)F. The van der Waals surface area contributed by atoms with E-state index < -0.39 is 24.4 Å². The van der Waals surface area contributed by atoms with Crippen molar-refractivity contribution in [3.63, 3.8) is 0 Å². The number of anilines is 1. The third-order valence-corrected chi connectivity index (χ3v) is 7.49. The number of carbonyl (C=O) groups is 3. The van der Waals surface area contributed by atoms with E-state index in [-0.39, 0.29) is 42.6 Å². The summed E-state index contributed by atoms with van der Waals surface area (Å²) in [4.78, 5) is 38.5. The van der Waals surface area contributed by atoms with Gasteiger partial charge in [-0.25, -0.2) is 4.79 Å². The molecule has 0 aliphatic carbocycles. The van der Waals surface area contributed by atoms with Gasteiger partial charge >= 0.3 is 12.1 Å². The number of aliphatic hydroxyl groups is 2. The molecule has 1 fully saturated rings. The molecule has 12 nitrogen and oxygen atoms in total. The number of rotatable bonds is 8. The fraction of sp³-hybridized carbons (Fsp3) is 0.484. The highest BCUT2D eigenvalue weighted by molar-refractivity contribution is 6.08. The minimum atomic E-state index is -5.08. The second-order valence-electron chi connectivity index (χ2n) is 11.8. The Labute approximate surface area is 264 Å². The van der Waals surface area contributed by atoms with Crippen LogP contribution in [0.5, 0.6) is 11.5 Å². The van der Waals surface area contributed by atoms with Gasteiger partial charge in [-0.3, -0.25) is 15.0 Å². The minimum absolute atomic E-state index is 0.0343. The van der Waals surface area contributed by atoms with Gasteiger partial charge in [-0.05, 0) is 42.2 Å². The molecule has 0 aromatic heterocycles. The van der Waals surface area contributed by atoms with E-state index in [0.717, 1.165) is 11.1 Å². The molecule has 2 aliphatic heterocycles. The molecule has 252 valence electrons. The molecule has 2 atom stereocenters. The zero-order valence-corrected chi connectivity index (χ0v) is 26.4. The number of methoxy groups -OCH3 is 1. The molecule has 2 unspecified atom stereocenters. The first-order valence-corrected chi connectivity index (χ1v) is 14.4. The number of nitrogens with one attached hydrogen (secondary N) is 2. The average Bonchev–Trinajstić information content (AvgIpc) is 3.47. The second-order valence-corrected chi connectivity index (χ2v) is 11.8. The van der Waals surface area contributed by atoms with Gasteiger partial charge in [-0.15, -0.1) is 0 Å². The van der Waals surface area contributed by atoms with Crippen LogP contribution < -0.4 is 19.7 Å². The van der Waals surface area contributed by atoms with E-state index in [1.54, 1.807) is 37.3 Å². The lowest BCUT2D eigenvalue weighted by molar-refractivity contribution is -0.192. The zero-order valence-electron chi connectivity index (χ0n) is 26.4. The number of aliphatic carboxylic acids is 1. The van der Waals surface area contributed by atoms with Gasteiger partial charge in [0.15, 0.2) is 5.78 Å². The van der Waals surface area contributed by atoms with Crippen molar-refractivity contribution in [3.05, 3.63) is 52.1 Å². The van der Waals surface area contributed by atoms with Crippen LogP contribution in [-0.2, 0) is 16.8 Å². The van der Waals surface area contributed by atoms with Crippen molar-refractivity contribution in [2.75, 3.05) is 45.3 Å². The number of aliphatic hydroxyl groups excluding tert-OH is 2. The number of benzene rings is 2. The topological polar surface area (TPSA) is 173 Å². The number of halogens is 3. The molecule has 0 saturated carbocycles. The molecule has 5 N–H and O–H groups in total. The van der Waals surface area contributed by atoms with E-state index in [4.69, 9.17) is 24.8 Å². The number of Topliss-reactive ketones (excluding diaryl/α,β-unsaturated/α-hetero) is 1. The van der Waals surface area contributed by atoms with Gasteiger partial charge in [-0.1, -0.05) is 20.8 Å². The van der Waals surface area contributed by atoms with Gasteiger partial charge in [0.1, 0.15) is 17.3 Å². The molecule has 0 spiro atoms. The van der Waals surface area contributed by atoms with E-state index >= 15 is 0 Å². The molecule has 2 aliphatic rings. The molecule has 0 bridgehead atoms. The predicted molar refractivity (Wildman–Crippen MR) is 162 cm³/mol.